The molecule has 0 aromatic carbocycles. The fourth-order valence-electron chi connectivity index (χ4n) is 0.972. The summed E-state index contributed by atoms with van der Waals surface area (Å²) in [6.45, 7) is 6.31. The van der Waals surface area contributed by atoms with Gasteiger partial charge in [-0.05, 0) is 19.8 Å². The number of ether oxygens (including phenoxy) is 1. The molecule has 1 amide bonds. The van der Waals surface area contributed by atoms with E-state index in [9.17, 15) is 13.2 Å². The van der Waals surface area contributed by atoms with Crippen LogP contribution in [0.15, 0.2) is 12.2 Å². The Bertz CT molecular complexity index is 350. The Kier molecular flexibility index (Phi) is 7.77. The third-order valence-electron chi connectivity index (χ3n) is 1.83. The largest absolute Gasteiger partial charge is 0.381 e. The second kappa shape index (κ2) is 8.21. The van der Waals surface area contributed by atoms with E-state index in [0.29, 0.717) is 25.1 Å². The van der Waals surface area contributed by atoms with Gasteiger partial charge in [-0.25, -0.2) is 0 Å². The van der Waals surface area contributed by atoms with Crippen molar-refractivity contribution in [2.45, 2.75) is 19.8 Å². The summed E-state index contributed by atoms with van der Waals surface area (Å²) in [4.78, 5) is 11.0. The highest BCUT2D eigenvalue weighted by molar-refractivity contribution is 7.85. The topological polar surface area (TPSA) is 92.7 Å². The summed E-state index contributed by atoms with van der Waals surface area (Å²) in [7, 11) is -3.89. The molecule has 0 saturated carbocycles. The Labute approximate surface area is 102 Å². The van der Waals surface area contributed by atoms with Gasteiger partial charge in [-0.1, -0.05) is 6.58 Å². The average molecular weight is 265 g/mol. The minimum atomic E-state index is -3.89. The normalized spacial score (nSPS) is 11.2. The predicted octanol–water partition coefficient (Wildman–Crippen LogP) is 0.363. The molecule has 2 N–H and O–H groups in total. The highest BCUT2D eigenvalue weighted by Gasteiger charge is 2.03. The maximum atomic E-state index is 11.0. The summed E-state index contributed by atoms with van der Waals surface area (Å²) in [6.07, 6.45) is 0.905. The summed E-state index contributed by atoms with van der Waals surface area (Å²) in [5.74, 6) is -0.476. The van der Waals surface area contributed by atoms with Gasteiger partial charge in [0.15, 0.2) is 0 Å². The second-order valence-corrected chi connectivity index (χ2v) is 5.21. The maximum absolute atomic E-state index is 11.0. The van der Waals surface area contributed by atoms with Crippen LogP contribution in [0.4, 0.5) is 0 Å². The zero-order valence-electron chi connectivity index (χ0n) is 9.94. The molecule has 0 spiro atoms. The second-order valence-electron chi connectivity index (χ2n) is 3.64. The number of hydrogen-bond donors (Lipinski definition) is 2. The molecule has 0 aliphatic rings. The molecule has 100 valence electrons. The molecule has 0 heterocycles. The van der Waals surface area contributed by atoms with Crippen molar-refractivity contribution >= 4 is 16.0 Å². The zero-order valence-corrected chi connectivity index (χ0v) is 10.8. The van der Waals surface area contributed by atoms with Gasteiger partial charge < -0.3 is 10.1 Å². The summed E-state index contributed by atoms with van der Waals surface area (Å²) in [6, 6.07) is 0. The minimum Gasteiger partial charge on any atom is -0.381 e. The maximum Gasteiger partial charge on any atom is 0.264 e. The summed E-state index contributed by atoms with van der Waals surface area (Å²) in [5.41, 5.74) is 0.457. The molecule has 6 nitrogen and oxygen atoms in total. The summed E-state index contributed by atoms with van der Waals surface area (Å²) in [5, 5.41) is 2.64. The van der Waals surface area contributed by atoms with E-state index in [1.54, 1.807) is 6.92 Å². The van der Waals surface area contributed by atoms with Crippen LogP contribution in [-0.4, -0.2) is 44.4 Å². The highest BCUT2D eigenvalue weighted by Crippen LogP contribution is 1.91. The molecule has 0 aliphatic carbocycles. The van der Waals surface area contributed by atoms with E-state index < -0.39 is 10.1 Å². The fraction of sp³-hybridized carbons (Fsp3) is 0.700. The third kappa shape index (κ3) is 11.3. The van der Waals surface area contributed by atoms with E-state index >= 15 is 0 Å². The number of amides is 1. The lowest BCUT2D eigenvalue weighted by atomic mass is 10.3. The van der Waals surface area contributed by atoms with Gasteiger partial charge in [0, 0.05) is 25.3 Å². The molecule has 0 rings (SSSR count). The molecule has 7 heteroatoms. The standard InChI is InChI=1S/C10H19NO5S/c1-9(2)10(12)11-5-3-6-16-7-4-8-17(13,14)15/h1,3-8H2,2H3,(H,11,12)(H,13,14,15). The lowest BCUT2D eigenvalue weighted by molar-refractivity contribution is -0.117. The smallest absolute Gasteiger partial charge is 0.264 e. The summed E-state index contributed by atoms with van der Waals surface area (Å²) >= 11 is 0. The van der Waals surface area contributed by atoms with E-state index in [1.165, 1.54) is 0 Å². The molecule has 0 aromatic heterocycles. The van der Waals surface area contributed by atoms with Crippen molar-refractivity contribution in [3.05, 3.63) is 12.2 Å². The monoisotopic (exact) mass is 265 g/mol. The molecule has 0 bridgehead atoms. The lowest BCUT2D eigenvalue weighted by Crippen LogP contribution is -2.25. The van der Waals surface area contributed by atoms with E-state index in [4.69, 9.17) is 9.29 Å². The van der Waals surface area contributed by atoms with Gasteiger partial charge >= 0.3 is 0 Å². The van der Waals surface area contributed by atoms with Crippen LogP contribution in [0.3, 0.4) is 0 Å². The fourth-order valence-corrected chi connectivity index (χ4v) is 1.46. The van der Waals surface area contributed by atoms with Crippen LogP contribution in [0, 0.1) is 0 Å². The van der Waals surface area contributed by atoms with E-state index in [2.05, 4.69) is 11.9 Å². The number of hydrogen-bond acceptors (Lipinski definition) is 4. The van der Waals surface area contributed by atoms with Gasteiger partial charge in [-0.3, -0.25) is 9.35 Å². The van der Waals surface area contributed by atoms with Gasteiger partial charge in [-0.15, -0.1) is 0 Å². The van der Waals surface area contributed by atoms with E-state index in [0.717, 1.165) is 0 Å². The van der Waals surface area contributed by atoms with Crippen molar-refractivity contribution in [2.24, 2.45) is 0 Å². The Morgan fingerprint density at radius 2 is 1.94 bits per heavy atom. The van der Waals surface area contributed by atoms with Crippen LogP contribution in [0.5, 0.6) is 0 Å². The van der Waals surface area contributed by atoms with Gasteiger partial charge in [0.25, 0.3) is 10.1 Å². The number of rotatable bonds is 9. The Hall–Kier alpha value is -0.920. The Balaban J connectivity index is 3.31. The van der Waals surface area contributed by atoms with Crippen LogP contribution in [0.25, 0.3) is 0 Å². The van der Waals surface area contributed by atoms with Crippen molar-refractivity contribution in [2.75, 3.05) is 25.5 Å². The molecule has 0 aliphatic heterocycles. The molecule has 0 unspecified atom stereocenters. The van der Waals surface area contributed by atoms with Crippen molar-refractivity contribution in [3.8, 4) is 0 Å². The molecule has 0 aromatic rings. The molecule has 0 radical (unpaired) electrons. The first kappa shape index (κ1) is 16.1. The van der Waals surface area contributed by atoms with Gasteiger partial charge in [0.1, 0.15) is 0 Å². The predicted molar refractivity (Wildman–Crippen MR) is 64.3 cm³/mol. The molecular weight excluding hydrogens is 246 g/mol. The third-order valence-corrected chi connectivity index (χ3v) is 2.63. The molecule has 0 fully saturated rings. The molecule has 0 atom stereocenters. The van der Waals surface area contributed by atoms with Crippen molar-refractivity contribution in [1.29, 1.82) is 0 Å². The lowest BCUT2D eigenvalue weighted by Gasteiger charge is -2.05. The van der Waals surface area contributed by atoms with Crippen LogP contribution >= 0.6 is 0 Å². The van der Waals surface area contributed by atoms with Crippen LogP contribution in [0.2, 0.25) is 0 Å². The van der Waals surface area contributed by atoms with Crippen LogP contribution in [-0.2, 0) is 19.6 Å². The van der Waals surface area contributed by atoms with Crippen molar-refractivity contribution < 1.29 is 22.5 Å². The van der Waals surface area contributed by atoms with Gasteiger partial charge in [0.2, 0.25) is 5.91 Å². The average Bonchev–Trinajstić information content (AvgIpc) is 2.19. The van der Waals surface area contributed by atoms with Crippen molar-refractivity contribution in [3.63, 3.8) is 0 Å². The first-order chi connectivity index (χ1) is 7.83. The van der Waals surface area contributed by atoms with E-state index in [1.807, 2.05) is 0 Å². The van der Waals surface area contributed by atoms with E-state index in [-0.39, 0.29) is 24.7 Å². The molecular formula is C10H19NO5S. The van der Waals surface area contributed by atoms with Crippen molar-refractivity contribution in [1.82, 2.24) is 5.32 Å². The first-order valence-electron chi connectivity index (χ1n) is 5.29. The first-order valence-corrected chi connectivity index (χ1v) is 6.90. The quantitative estimate of drug-likeness (QED) is 0.357. The van der Waals surface area contributed by atoms with Crippen LogP contribution < -0.4 is 5.32 Å². The highest BCUT2D eigenvalue weighted by atomic mass is 32.2. The van der Waals surface area contributed by atoms with Gasteiger partial charge in [0.05, 0.1) is 5.75 Å². The minimum absolute atomic E-state index is 0.184. The number of carbonyl (C=O) groups excluding carboxylic acids is 1. The summed E-state index contributed by atoms with van der Waals surface area (Å²) < 4.78 is 34.3. The zero-order chi connectivity index (χ0) is 13.3. The Morgan fingerprint density at radius 1 is 1.35 bits per heavy atom. The molecule has 0 saturated heterocycles. The number of carbonyl (C=O) groups is 1. The Morgan fingerprint density at radius 3 is 2.47 bits per heavy atom. The van der Waals surface area contributed by atoms with Gasteiger partial charge in [-0.2, -0.15) is 8.42 Å². The van der Waals surface area contributed by atoms with Crippen LogP contribution in [0.1, 0.15) is 19.8 Å². The number of nitrogens with one attached hydrogen (secondary N) is 1. The molecule has 17 heavy (non-hydrogen) atoms. The SMILES string of the molecule is C=C(C)C(=O)NCCCOCCCS(=O)(=O)O.